The summed E-state index contributed by atoms with van der Waals surface area (Å²) in [4.78, 5) is 4.89. The summed E-state index contributed by atoms with van der Waals surface area (Å²) in [6.45, 7) is 0.767. The zero-order valence-electron chi connectivity index (χ0n) is 5.42. The van der Waals surface area contributed by atoms with Crippen LogP contribution in [0.4, 0.5) is 0 Å². The van der Waals surface area contributed by atoms with Crippen molar-refractivity contribution in [3.05, 3.63) is 35.9 Å². The summed E-state index contributed by atoms with van der Waals surface area (Å²) >= 11 is 0. The van der Waals surface area contributed by atoms with Crippen LogP contribution in [0.3, 0.4) is 0 Å². The lowest BCUT2D eigenvalue weighted by molar-refractivity contribution is 0.131. The van der Waals surface area contributed by atoms with Crippen molar-refractivity contribution >= 4 is 0 Å². The summed E-state index contributed by atoms with van der Waals surface area (Å²) in [5.41, 5.74) is 5.04. The highest BCUT2D eigenvalue weighted by molar-refractivity contribution is 5.37. The number of hydroxylamine groups is 1. The Labute approximate surface area is 59.0 Å². The molecule has 2 N–H and O–H groups in total. The van der Waals surface area contributed by atoms with Crippen molar-refractivity contribution in [1.82, 2.24) is 10.8 Å². The van der Waals surface area contributed by atoms with Crippen LogP contribution in [0.1, 0.15) is 0 Å². The molecule has 52 valence electrons. The standard InChI is InChI=1S/C7H8N2O/c1-2-6-4-9-10-5-7(6)8-3-1/h1-3,5,8-9H,4H2. The average molecular weight is 136 g/mol. The van der Waals surface area contributed by atoms with Crippen LogP contribution in [-0.2, 0) is 4.84 Å². The van der Waals surface area contributed by atoms with E-state index in [1.165, 1.54) is 5.57 Å². The van der Waals surface area contributed by atoms with Gasteiger partial charge in [-0.15, -0.1) is 0 Å². The molecule has 0 aromatic rings. The molecule has 0 atom stereocenters. The van der Waals surface area contributed by atoms with E-state index in [0.717, 1.165) is 12.2 Å². The van der Waals surface area contributed by atoms with Gasteiger partial charge in [-0.1, -0.05) is 6.08 Å². The molecule has 0 bridgehead atoms. The van der Waals surface area contributed by atoms with E-state index in [2.05, 4.69) is 16.9 Å². The molecular formula is C7H8N2O. The van der Waals surface area contributed by atoms with E-state index in [9.17, 15) is 0 Å². The number of allylic oxidation sites excluding steroid dienone is 2. The predicted octanol–water partition coefficient (Wildman–Crippen LogP) is 0.406. The topological polar surface area (TPSA) is 33.3 Å². The van der Waals surface area contributed by atoms with Crippen molar-refractivity contribution in [1.29, 1.82) is 0 Å². The molecular weight excluding hydrogens is 128 g/mol. The largest absolute Gasteiger partial charge is 0.414 e. The molecule has 2 rings (SSSR count). The Morgan fingerprint density at radius 1 is 1.50 bits per heavy atom. The second kappa shape index (κ2) is 2.19. The first-order valence-electron chi connectivity index (χ1n) is 3.18. The van der Waals surface area contributed by atoms with Gasteiger partial charge in [0.1, 0.15) is 6.26 Å². The molecule has 0 aromatic heterocycles. The normalized spacial score (nSPS) is 21.6. The molecule has 2 aliphatic rings. The maximum Gasteiger partial charge on any atom is 0.135 e. The van der Waals surface area contributed by atoms with Crippen LogP contribution in [0, 0.1) is 0 Å². The van der Waals surface area contributed by atoms with E-state index < -0.39 is 0 Å². The van der Waals surface area contributed by atoms with E-state index in [1.54, 1.807) is 6.26 Å². The number of fused-ring (bicyclic) bond motifs is 1. The quantitative estimate of drug-likeness (QED) is 0.506. The summed E-state index contributed by atoms with van der Waals surface area (Å²) in [6.07, 6.45) is 7.57. The van der Waals surface area contributed by atoms with Gasteiger partial charge in [-0.25, -0.2) is 0 Å². The molecule has 0 radical (unpaired) electrons. The summed E-state index contributed by atoms with van der Waals surface area (Å²) < 4.78 is 0. The second-order valence-corrected chi connectivity index (χ2v) is 2.17. The summed E-state index contributed by atoms with van der Waals surface area (Å²) in [7, 11) is 0. The second-order valence-electron chi connectivity index (χ2n) is 2.17. The van der Waals surface area contributed by atoms with Crippen molar-refractivity contribution in [2.75, 3.05) is 6.54 Å². The molecule has 10 heavy (non-hydrogen) atoms. The van der Waals surface area contributed by atoms with Gasteiger partial charge < -0.3 is 10.2 Å². The Balaban J connectivity index is 2.32. The van der Waals surface area contributed by atoms with Crippen LogP contribution in [-0.4, -0.2) is 6.54 Å². The third-order valence-corrected chi connectivity index (χ3v) is 1.50. The van der Waals surface area contributed by atoms with Gasteiger partial charge in [0.05, 0.1) is 12.2 Å². The summed E-state index contributed by atoms with van der Waals surface area (Å²) in [5, 5.41) is 3.07. The lowest BCUT2D eigenvalue weighted by Gasteiger charge is -2.19. The number of hydrogen-bond acceptors (Lipinski definition) is 3. The molecule has 2 aliphatic heterocycles. The van der Waals surface area contributed by atoms with Crippen LogP contribution in [0.15, 0.2) is 35.9 Å². The van der Waals surface area contributed by atoms with Crippen LogP contribution in [0.2, 0.25) is 0 Å². The Morgan fingerprint density at radius 3 is 3.40 bits per heavy atom. The van der Waals surface area contributed by atoms with E-state index >= 15 is 0 Å². The maximum absolute atomic E-state index is 4.89. The van der Waals surface area contributed by atoms with E-state index in [1.807, 2.05) is 12.3 Å². The van der Waals surface area contributed by atoms with Crippen molar-refractivity contribution < 1.29 is 4.84 Å². The molecule has 3 heteroatoms. The molecule has 0 fully saturated rings. The molecule has 0 spiro atoms. The molecule has 2 heterocycles. The highest BCUT2D eigenvalue weighted by Gasteiger charge is 2.10. The van der Waals surface area contributed by atoms with Crippen molar-refractivity contribution in [2.45, 2.75) is 0 Å². The van der Waals surface area contributed by atoms with Crippen molar-refractivity contribution in [3.8, 4) is 0 Å². The number of nitrogens with one attached hydrogen (secondary N) is 2. The number of dihydropyridines is 1. The van der Waals surface area contributed by atoms with Gasteiger partial charge in [-0.3, -0.25) is 0 Å². The first-order valence-corrected chi connectivity index (χ1v) is 3.18. The third-order valence-electron chi connectivity index (χ3n) is 1.50. The van der Waals surface area contributed by atoms with Crippen molar-refractivity contribution in [3.63, 3.8) is 0 Å². The number of hydrogen-bond donors (Lipinski definition) is 2. The minimum Gasteiger partial charge on any atom is -0.414 e. The molecule has 0 aliphatic carbocycles. The molecule has 0 saturated heterocycles. The lowest BCUT2D eigenvalue weighted by Crippen LogP contribution is -2.26. The van der Waals surface area contributed by atoms with Gasteiger partial charge in [0.15, 0.2) is 0 Å². The summed E-state index contributed by atoms with van der Waals surface area (Å²) in [6, 6.07) is 0. The van der Waals surface area contributed by atoms with Crippen LogP contribution < -0.4 is 10.8 Å². The van der Waals surface area contributed by atoms with Crippen LogP contribution >= 0.6 is 0 Å². The Kier molecular flexibility index (Phi) is 1.22. The number of rotatable bonds is 0. The van der Waals surface area contributed by atoms with Gasteiger partial charge in [-0.05, 0) is 11.6 Å². The van der Waals surface area contributed by atoms with Crippen LogP contribution in [0.5, 0.6) is 0 Å². The molecule has 0 aromatic carbocycles. The Hall–Kier alpha value is -1.22. The fourth-order valence-electron chi connectivity index (χ4n) is 0.969. The smallest absolute Gasteiger partial charge is 0.135 e. The average Bonchev–Trinajstić information content (AvgIpc) is 2.05. The van der Waals surface area contributed by atoms with Gasteiger partial charge in [0.25, 0.3) is 0 Å². The highest BCUT2D eigenvalue weighted by atomic mass is 16.6. The van der Waals surface area contributed by atoms with Gasteiger partial charge in [-0.2, -0.15) is 5.48 Å². The van der Waals surface area contributed by atoms with Gasteiger partial charge in [0, 0.05) is 6.20 Å². The molecule has 0 amide bonds. The first-order chi connectivity index (χ1) is 4.97. The third kappa shape index (κ3) is 0.804. The SMILES string of the molecule is C1=CNC2=CONCC2=C1. The monoisotopic (exact) mass is 136 g/mol. The Morgan fingerprint density at radius 2 is 2.50 bits per heavy atom. The maximum atomic E-state index is 4.89. The molecule has 3 nitrogen and oxygen atoms in total. The van der Waals surface area contributed by atoms with E-state index in [0.29, 0.717) is 0 Å². The van der Waals surface area contributed by atoms with Crippen LogP contribution in [0.25, 0.3) is 0 Å². The fraction of sp³-hybridized carbons (Fsp3) is 0.143. The fourth-order valence-corrected chi connectivity index (χ4v) is 0.969. The van der Waals surface area contributed by atoms with Gasteiger partial charge >= 0.3 is 0 Å². The Bertz CT molecular complexity index is 228. The molecule has 0 unspecified atom stereocenters. The minimum atomic E-state index is 0.767. The van der Waals surface area contributed by atoms with E-state index in [4.69, 9.17) is 4.84 Å². The van der Waals surface area contributed by atoms with Gasteiger partial charge in [0.2, 0.25) is 0 Å². The predicted molar refractivity (Wildman–Crippen MR) is 37.5 cm³/mol. The molecule has 0 saturated carbocycles. The summed E-state index contributed by atoms with van der Waals surface area (Å²) in [5.74, 6) is 0. The first kappa shape index (κ1) is 5.56. The van der Waals surface area contributed by atoms with Crippen molar-refractivity contribution in [2.24, 2.45) is 0 Å². The minimum absolute atomic E-state index is 0.767. The van der Waals surface area contributed by atoms with E-state index in [-0.39, 0.29) is 0 Å². The highest BCUT2D eigenvalue weighted by Crippen LogP contribution is 2.12. The zero-order valence-corrected chi connectivity index (χ0v) is 5.42. The lowest BCUT2D eigenvalue weighted by atomic mass is 10.1. The zero-order chi connectivity index (χ0) is 6.81.